The molecule has 0 aliphatic heterocycles. The minimum Gasteiger partial charge on any atom is -0.496 e. The second-order valence-corrected chi connectivity index (χ2v) is 5.86. The van der Waals surface area contributed by atoms with Crippen molar-refractivity contribution in [2.45, 2.75) is 18.9 Å². The SMILES string of the molecule is COc1ccccc1CCN(C)C(=O)C(C)(N)c1ccccc1. The van der Waals surface area contributed by atoms with Crippen LogP contribution in [0, 0.1) is 0 Å². The van der Waals surface area contributed by atoms with Crippen LogP contribution in [0.3, 0.4) is 0 Å². The summed E-state index contributed by atoms with van der Waals surface area (Å²) in [5.41, 5.74) is 7.15. The molecule has 0 bridgehead atoms. The van der Waals surface area contributed by atoms with Crippen LogP contribution in [0.4, 0.5) is 0 Å². The molecule has 1 unspecified atom stereocenters. The largest absolute Gasteiger partial charge is 0.496 e. The molecule has 4 nitrogen and oxygen atoms in total. The van der Waals surface area contributed by atoms with E-state index in [1.54, 1.807) is 26.0 Å². The molecule has 2 aromatic rings. The summed E-state index contributed by atoms with van der Waals surface area (Å²) in [6, 6.07) is 17.3. The van der Waals surface area contributed by atoms with Gasteiger partial charge in [0.1, 0.15) is 11.3 Å². The molecule has 0 radical (unpaired) electrons. The van der Waals surface area contributed by atoms with E-state index in [9.17, 15) is 4.79 Å². The lowest BCUT2D eigenvalue weighted by molar-refractivity contribution is -0.135. The monoisotopic (exact) mass is 312 g/mol. The molecule has 0 aliphatic rings. The first-order valence-electron chi connectivity index (χ1n) is 7.68. The zero-order valence-electron chi connectivity index (χ0n) is 14.0. The fourth-order valence-electron chi connectivity index (χ4n) is 2.60. The van der Waals surface area contributed by atoms with Gasteiger partial charge in [0.15, 0.2) is 0 Å². The summed E-state index contributed by atoms with van der Waals surface area (Å²) in [7, 11) is 3.44. The number of amides is 1. The summed E-state index contributed by atoms with van der Waals surface area (Å²) in [4.78, 5) is 14.4. The summed E-state index contributed by atoms with van der Waals surface area (Å²) in [6.45, 7) is 2.34. The molecule has 0 saturated heterocycles. The zero-order chi connectivity index (χ0) is 16.9. The van der Waals surface area contributed by atoms with Gasteiger partial charge in [0.05, 0.1) is 7.11 Å². The first kappa shape index (κ1) is 17.0. The van der Waals surface area contributed by atoms with E-state index >= 15 is 0 Å². The highest BCUT2D eigenvalue weighted by molar-refractivity contribution is 5.86. The Kier molecular flexibility index (Phi) is 5.40. The van der Waals surface area contributed by atoms with Gasteiger partial charge in [-0.15, -0.1) is 0 Å². The summed E-state index contributed by atoms with van der Waals surface area (Å²) >= 11 is 0. The van der Waals surface area contributed by atoms with E-state index in [1.165, 1.54) is 0 Å². The molecule has 0 saturated carbocycles. The minimum absolute atomic E-state index is 0.0985. The van der Waals surface area contributed by atoms with E-state index in [-0.39, 0.29) is 5.91 Å². The lowest BCUT2D eigenvalue weighted by atomic mass is 9.91. The van der Waals surface area contributed by atoms with Crippen molar-refractivity contribution in [1.82, 2.24) is 4.90 Å². The van der Waals surface area contributed by atoms with Crippen molar-refractivity contribution in [3.63, 3.8) is 0 Å². The second-order valence-electron chi connectivity index (χ2n) is 5.86. The van der Waals surface area contributed by atoms with E-state index < -0.39 is 5.54 Å². The third-order valence-electron chi connectivity index (χ3n) is 4.07. The first-order valence-corrected chi connectivity index (χ1v) is 7.68. The van der Waals surface area contributed by atoms with Crippen LogP contribution in [-0.4, -0.2) is 31.5 Å². The highest BCUT2D eigenvalue weighted by atomic mass is 16.5. The Morgan fingerprint density at radius 2 is 1.74 bits per heavy atom. The average molecular weight is 312 g/mol. The molecule has 0 aromatic heterocycles. The van der Waals surface area contributed by atoms with Gasteiger partial charge >= 0.3 is 0 Å². The van der Waals surface area contributed by atoms with Crippen molar-refractivity contribution < 1.29 is 9.53 Å². The van der Waals surface area contributed by atoms with Crippen molar-refractivity contribution in [1.29, 1.82) is 0 Å². The predicted octanol–water partition coefficient (Wildman–Crippen LogP) is 2.57. The van der Waals surface area contributed by atoms with Crippen molar-refractivity contribution in [2.75, 3.05) is 20.7 Å². The van der Waals surface area contributed by atoms with Crippen LogP contribution < -0.4 is 10.5 Å². The average Bonchev–Trinajstić information content (AvgIpc) is 2.59. The second kappa shape index (κ2) is 7.29. The van der Waals surface area contributed by atoms with Gasteiger partial charge in [-0.3, -0.25) is 4.79 Å². The molecule has 0 aliphatic carbocycles. The number of likely N-dealkylation sites (N-methyl/N-ethyl adjacent to an activating group) is 1. The number of para-hydroxylation sites is 1. The summed E-state index contributed by atoms with van der Waals surface area (Å²) in [5, 5.41) is 0. The maximum Gasteiger partial charge on any atom is 0.246 e. The lowest BCUT2D eigenvalue weighted by Gasteiger charge is -2.29. The molecule has 0 heterocycles. The number of benzene rings is 2. The van der Waals surface area contributed by atoms with Crippen LogP contribution in [0.25, 0.3) is 0 Å². The van der Waals surface area contributed by atoms with E-state index in [1.807, 2.05) is 54.6 Å². The van der Waals surface area contributed by atoms with Crippen molar-refractivity contribution >= 4 is 5.91 Å². The maximum absolute atomic E-state index is 12.7. The van der Waals surface area contributed by atoms with Gasteiger partial charge in [0, 0.05) is 13.6 Å². The molecular formula is C19H24N2O2. The molecule has 23 heavy (non-hydrogen) atoms. The number of nitrogens with zero attached hydrogens (tertiary/aromatic N) is 1. The van der Waals surface area contributed by atoms with Gasteiger partial charge in [-0.05, 0) is 30.5 Å². The summed E-state index contributed by atoms with van der Waals surface area (Å²) < 4.78 is 5.35. The van der Waals surface area contributed by atoms with Crippen molar-refractivity contribution in [2.24, 2.45) is 5.73 Å². The molecular weight excluding hydrogens is 288 g/mol. The number of rotatable bonds is 6. The van der Waals surface area contributed by atoms with Crippen LogP contribution in [0.1, 0.15) is 18.1 Å². The standard InChI is InChI=1S/C19H24N2O2/c1-19(20,16-10-5-4-6-11-16)18(22)21(2)14-13-15-9-7-8-12-17(15)23-3/h4-12H,13-14,20H2,1-3H3. The fourth-order valence-corrected chi connectivity index (χ4v) is 2.60. The lowest BCUT2D eigenvalue weighted by Crippen LogP contribution is -2.50. The van der Waals surface area contributed by atoms with Crippen molar-refractivity contribution in [3.8, 4) is 5.75 Å². The smallest absolute Gasteiger partial charge is 0.246 e. The van der Waals surface area contributed by atoms with E-state index in [0.717, 1.165) is 23.3 Å². The zero-order valence-corrected chi connectivity index (χ0v) is 14.0. The van der Waals surface area contributed by atoms with Gasteiger partial charge in [-0.25, -0.2) is 0 Å². The Bertz CT molecular complexity index is 653. The molecule has 1 amide bonds. The van der Waals surface area contributed by atoms with E-state index in [2.05, 4.69) is 0 Å². The van der Waals surface area contributed by atoms with Gasteiger partial charge in [0.25, 0.3) is 0 Å². The van der Waals surface area contributed by atoms with Crippen LogP contribution >= 0.6 is 0 Å². The highest BCUT2D eigenvalue weighted by Crippen LogP contribution is 2.21. The molecule has 122 valence electrons. The van der Waals surface area contributed by atoms with Gasteiger partial charge in [-0.1, -0.05) is 48.5 Å². The van der Waals surface area contributed by atoms with Crippen LogP contribution in [0.5, 0.6) is 5.75 Å². The Morgan fingerprint density at radius 1 is 1.13 bits per heavy atom. The van der Waals surface area contributed by atoms with Crippen LogP contribution in [0.2, 0.25) is 0 Å². The quantitative estimate of drug-likeness (QED) is 0.892. The topological polar surface area (TPSA) is 55.6 Å². The molecule has 0 spiro atoms. The number of methoxy groups -OCH3 is 1. The Labute approximate surface area is 137 Å². The number of hydrogen-bond donors (Lipinski definition) is 1. The van der Waals surface area contributed by atoms with Gasteiger partial charge in [0.2, 0.25) is 5.91 Å². The minimum atomic E-state index is -1.03. The van der Waals surface area contributed by atoms with E-state index in [0.29, 0.717) is 6.54 Å². The number of hydrogen-bond acceptors (Lipinski definition) is 3. The Hall–Kier alpha value is -2.33. The van der Waals surface area contributed by atoms with Crippen molar-refractivity contribution in [3.05, 3.63) is 65.7 Å². The summed E-state index contributed by atoms with van der Waals surface area (Å²) in [6.07, 6.45) is 0.719. The predicted molar refractivity (Wildman–Crippen MR) is 92.3 cm³/mol. The highest BCUT2D eigenvalue weighted by Gasteiger charge is 2.32. The molecule has 2 aromatic carbocycles. The number of carbonyl (C=O) groups excluding carboxylic acids is 1. The van der Waals surface area contributed by atoms with Crippen LogP contribution in [-0.2, 0) is 16.8 Å². The maximum atomic E-state index is 12.7. The number of carbonyl (C=O) groups is 1. The molecule has 4 heteroatoms. The number of nitrogens with two attached hydrogens (primary N) is 1. The number of ether oxygens (including phenoxy) is 1. The molecule has 1 atom stereocenters. The van der Waals surface area contributed by atoms with E-state index in [4.69, 9.17) is 10.5 Å². The summed E-state index contributed by atoms with van der Waals surface area (Å²) in [5.74, 6) is 0.741. The molecule has 0 fully saturated rings. The normalized spacial score (nSPS) is 13.2. The third kappa shape index (κ3) is 3.90. The molecule has 2 N–H and O–H groups in total. The Balaban J connectivity index is 2.05. The van der Waals surface area contributed by atoms with Crippen LogP contribution in [0.15, 0.2) is 54.6 Å². The van der Waals surface area contributed by atoms with Gasteiger partial charge in [-0.2, -0.15) is 0 Å². The first-order chi connectivity index (χ1) is 11.0. The Morgan fingerprint density at radius 3 is 2.39 bits per heavy atom. The molecule has 2 rings (SSSR count). The fraction of sp³-hybridized carbons (Fsp3) is 0.316. The van der Waals surface area contributed by atoms with Gasteiger partial charge < -0.3 is 15.4 Å². The third-order valence-corrected chi connectivity index (χ3v) is 4.07.